The van der Waals surface area contributed by atoms with Gasteiger partial charge >= 0.3 is 0 Å². The number of thioether (sulfide) groups is 1. The number of aryl methyl sites for hydroxylation is 2. The van der Waals surface area contributed by atoms with Crippen molar-refractivity contribution in [3.8, 4) is 11.1 Å². The summed E-state index contributed by atoms with van der Waals surface area (Å²) >= 11 is 1.59. The molecule has 0 amide bonds. The Morgan fingerprint density at radius 1 is 1.35 bits per heavy atom. The van der Waals surface area contributed by atoms with Gasteiger partial charge in [0.1, 0.15) is 11.6 Å². The second-order valence-corrected chi connectivity index (χ2v) is 4.72. The van der Waals surface area contributed by atoms with Crippen LogP contribution in [0.1, 0.15) is 5.56 Å². The van der Waals surface area contributed by atoms with E-state index in [1.54, 1.807) is 25.0 Å². The molecule has 0 saturated carbocycles. The van der Waals surface area contributed by atoms with Crippen LogP contribution >= 0.6 is 11.8 Å². The Morgan fingerprint density at radius 3 is 2.59 bits per heavy atom. The Labute approximate surface area is 104 Å². The molecule has 0 unspecified atom stereocenters. The third kappa shape index (κ3) is 2.02. The lowest BCUT2D eigenvalue weighted by atomic mass is 10.1. The molecule has 90 valence electrons. The lowest BCUT2D eigenvalue weighted by molar-refractivity contribution is 0.628. The highest BCUT2D eigenvalue weighted by Gasteiger charge is 2.14. The van der Waals surface area contributed by atoms with Crippen LogP contribution in [0.2, 0.25) is 0 Å². The van der Waals surface area contributed by atoms with Crippen molar-refractivity contribution in [1.82, 2.24) is 9.78 Å². The average Bonchev–Trinajstić information content (AvgIpc) is 2.61. The smallest absolute Gasteiger partial charge is 0.131 e. The van der Waals surface area contributed by atoms with Crippen molar-refractivity contribution in [3.05, 3.63) is 29.7 Å². The Morgan fingerprint density at radius 2 is 2.06 bits per heavy atom. The number of halogens is 1. The van der Waals surface area contributed by atoms with E-state index in [9.17, 15) is 4.39 Å². The van der Waals surface area contributed by atoms with Gasteiger partial charge in [0.25, 0.3) is 0 Å². The fraction of sp³-hybridized carbons (Fsp3) is 0.250. The molecule has 1 aromatic carbocycles. The van der Waals surface area contributed by atoms with Crippen molar-refractivity contribution in [1.29, 1.82) is 0 Å². The minimum atomic E-state index is -0.264. The first-order valence-corrected chi connectivity index (χ1v) is 6.39. The predicted octanol–water partition coefficient (Wildman–Crippen LogP) is 2.84. The summed E-state index contributed by atoms with van der Waals surface area (Å²) < 4.78 is 15.5. The highest BCUT2D eigenvalue weighted by Crippen LogP contribution is 2.32. The van der Waals surface area contributed by atoms with Crippen molar-refractivity contribution in [2.45, 2.75) is 11.8 Å². The lowest BCUT2D eigenvalue weighted by Gasteiger charge is -2.08. The molecular weight excluding hydrogens is 237 g/mol. The summed E-state index contributed by atoms with van der Waals surface area (Å²) in [6, 6.07) is 3.36. The molecule has 0 atom stereocenters. The highest BCUT2D eigenvalue weighted by molar-refractivity contribution is 7.98. The third-order valence-corrected chi connectivity index (χ3v) is 3.64. The zero-order valence-corrected chi connectivity index (χ0v) is 10.8. The number of hydrogen-bond acceptors (Lipinski definition) is 3. The summed E-state index contributed by atoms with van der Waals surface area (Å²) in [6.07, 6.45) is 3.56. The van der Waals surface area contributed by atoms with Crippen molar-refractivity contribution in [2.24, 2.45) is 7.05 Å². The maximum absolute atomic E-state index is 13.9. The number of anilines is 1. The van der Waals surface area contributed by atoms with Crippen LogP contribution in [0.25, 0.3) is 11.1 Å². The third-order valence-electron chi connectivity index (χ3n) is 2.76. The molecule has 0 aliphatic heterocycles. The SMILES string of the molecule is CSc1cc(-c2cnn(C)c2N)c(F)cc1C. The molecule has 0 saturated heterocycles. The monoisotopic (exact) mass is 251 g/mol. The number of nitrogens with zero attached hydrogens (tertiary/aromatic N) is 2. The molecule has 2 rings (SSSR count). The van der Waals surface area contributed by atoms with Gasteiger partial charge in [-0.25, -0.2) is 4.39 Å². The number of benzene rings is 1. The first-order chi connectivity index (χ1) is 8.04. The summed E-state index contributed by atoms with van der Waals surface area (Å²) in [5.41, 5.74) is 7.94. The number of aromatic nitrogens is 2. The molecule has 0 aliphatic carbocycles. The van der Waals surface area contributed by atoms with Gasteiger partial charge in [0.15, 0.2) is 0 Å². The second kappa shape index (κ2) is 4.41. The summed E-state index contributed by atoms with van der Waals surface area (Å²) in [5.74, 6) is 0.208. The predicted molar refractivity (Wildman–Crippen MR) is 69.5 cm³/mol. The van der Waals surface area contributed by atoms with Gasteiger partial charge in [-0.1, -0.05) is 0 Å². The largest absolute Gasteiger partial charge is 0.383 e. The lowest BCUT2D eigenvalue weighted by Crippen LogP contribution is -1.99. The molecule has 5 heteroatoms. The van der Waals surface area contributed by atoms with Crippen LogP contribution < -0.4 is 5.73 Å². The van der Waals surface area contributed by atoms with Crippen LogP contribution in [-0.4, -0.2) is 16.0 Å². The van der Waals surface area contributed by atoms with Crippen LogP contribution in [0.15, 0.2) is 23.2 Å². The fourth-order valence-electron chi connectivity index (χ4n) is 1.73. The van der Waals surface area contributed by atoms with Crippen LogP contribution in [0.4, 0.5) is 10.2 Å². The maximum atomic E-state index is 13.9. The summed E-state index contributed by atoms with van der Waals surface area (Å²) in [7, 11) is 1.74. The van der Waals surface area contributed by atoms with Gasteiger partial charge in [0.2, 0.25) is 0 Å². The normalized spacial score (nSPS) is 10.8. The van der Waals surface area contributed by atoms with Crippen molar-refractivity contribution in [3.63, 3.8) is 0 Å². The molecule has 1 heterocycles. The van der Waals surface area contributed by atoms with Gasteiger partial charge in [-0.15, -0.1) is 11.8 Å². The summed E-state index contributed by atoms with van der Waals surface area (Å²) in [6.45, 7) is 1.89. The number of nitrogens with two attached hydrogens (primary N) is 1. The number of hydrogen-bond donors (Lipinski definition) is 1. The second-order valence-electron chi connectivity index (χ2n) is 3.87. The summed E-state index contributed by atoms with van der Waals surface area (Å²) in [5, 5.41) is 4.03. The zero-order chi connectivity index (χ0) is 12.6. The molecule has 17 heavy (non-hydrogen) atoms. The zero-order valence-electron chi connectivity index (χ0n) is 9.99. The molecule has 0 spiro atoms. The van der Waals surface area contributed by atoms with E-state index in [1.165, 1.54) is 10.7 Å². The van der Waals surface area contributed by atoms with Gasteiger partial charge in [0, 0.05) is 23.1 Å². The van der Waals surface area contributed by atoms with Crippen molar-refractivity contribution >= 4 is 17.6 Å². The van der Waals surface area contributed by atoms with E-state index in [-0.39, 0.29) is 5.82 Å². The molecule has 2 N–H and O–H groups in total. The van der Waals surface area contributed by atoms with E-state index in [1.807, 2.05) is 19.2 Å². The quantitative estimate of drug-likeness (QED) is 0.835. The Kier molecular flexibility index (Phi) is 3.11. The first-order valence-electron chi connectivity index (χ1n) is 5.16. The van der Waals surface area contributed by atoms with Crippen molar-refractivity contribution < 1.29 is 4.39 Å². The molecule has 0 fully saturated rings. The maximum Gasteiger partial charge on any atom is 0.131 e. The minimum Gasteiger partial charge on any atom is -0.383 e. The standard InChI is InChI=1S/C12H14FN3S/c1-7-4-10(13)8(5-11(7)17-3)9-6-15-16(2)12(9)14/h4-6H,14H2,1-3H3. The molecule has 1 aromatic heterocycles. The molecular formula is C12H14FN3S. The van der Waals surface area contributed by atoms with Gasteiger partial charge in [-0.05, 0) is 30.9 Å². The van der Waals surface area contributed by atoms with Crippen molar-refractivity contribution in [2.75, 3.05) is 12.0 Å². The van der Waals surface area contributed by atoms with E-state index in [0.29, 0.717) is 16.9 Å². The van der Waals surface area contributed by atoms with E-state index in [2.05, 4.69) is 5.10 Å². The van der Waals surface area contributed by atoms with Gasteiger partial charge in [-0.3, -0.25) is 4.68 Å². The molecule has 3 nitrogen and oxygen atoms in total. The van der Waals surface area contributed by atoms with Crippen LogP contribution in [0.5, 0.6) is 0 Å². The molecule has 0 radical (unpaired) electrons. The van der Waals surface area contributed by atoms with Gasteiger partial charge < -0.3 is 5.73 Å². The minimum absolute atomic E-state index is 0.264. The van der Waals surface area contributed by atoms with Gasteiger partial charge in [0.05, 0.1) is 6.20 Å². The summed E-state index contributed by atoms with van der Waals surface area (Å²) in [4.78, 5) is 1.05. The first kappa shape index (κ1) is 12.0. The van der Waals surface area contributed by atoms with E-state index < -0.39 is 0 Å². The van der Waals surface area contributed by atoms with Crippen LogP contribution in [0, 0.1) is 12.7 Å². The topological polar surface area (TPSA) is 43.8 Å². The number of rotatable bonds is 2. The highest BCUT2D eigenvalue weighted by atomic mass is 32.2. The van der Waals surface area contributed by atoms with E-state index in [4.69, 9.17) is 5.73 Å². The van der Waals surface area contributed by atoms with E-state index in [0.717, 1.165) is 10.5 Å². The van der Waals surface area contributed by atoms with E-state index >= 15 is 0 Å². The Balaban J connectivity index is 2.63. The molecule has 0 bridgehead atoms. The molecule has 0 aliphatic rings. The molecule has 2 aromatic rings. The van der Waals surface area contributed by atoms with Crippen LogP contribution in [0.3, 0.4) is 0 Å². The number of nitrogen functional groups attached to an aromatic ring is 1. The fourth-order valence-corrected chi connectivity index (χ4v) is 2.35. The van der Waals surface area contributed by atoms with Gasteiger partial charge in [-0.2, -0.15) is 5.10 Å². The van der Waals surface area contributed by atoms with Crippen LogP contribution in [-0.2, 0) is 7.05 Å². The Hall–Kier alpha value is -1.49. The Bertz CT molecular complexity index is 563. The average molecular weight is 251 g/mol.